The van der Waals surface area contributed by atoms with Gasteiger partial charge in [0.1, 0.15) is 31.9 Å². The number of hydrogen-bond donors (Lipinski definition) is 3. The molecule has 0 radical (unpaired) electrons. The van der Waals surface area contributed by atoms with Gasteiger partial charge in [0.15, 0.2) is 12.4 Å². The number of hydrogen-bond acceptors (Lipinski definition) is 3. The highest BCUT2D eigenvalue weighted by molar-refractivity contribution is 5.90. The Labute approximate surface area is 101 Å². The van der Waals surface area contributed by atoms with Gasteiger partial charge in [-0.05, 0) is 6.92 Å². The van der Waals surface area contributed by atoms with Crippen LogP contribution in [-0.4, -0.2) is 50.8 Å². The normalized spacial score (nSPS) is 24.6. The van der Waals surface area contributed by atoms with Crippen LogP contribution in [0.15, 0.2) is 10.6 Å². The molecule has 1 aliphatic rings. The summed E-state index contributed by atoms with van der Waals surface area (Å²) in [4.78, 5) is 14.6. The molecule has 1 fully saturated rings. The molecule has 0 atom stereocenters. The van der Waals surface area contributed by atoms with Crippen LogP contribution in [-0.2, 0) is 4.79 Å². The third kappa shape index (κ3) is 3.54. The number of aryl methyl sites for hydroxylation is 1. The highest BCUT2D eigenvalue weighted by atomic mass is 16.5. The van der Waals surface area contributed by atoms with Gasteiger partial charge in [-0.2, -0.15) is 0 Å². The summed E-state index contributed by atoms with van der Waals surface area (Å²) >= 11 is 0. The van der Waals surface area contributed by atoms with E-state index in [0.29, 0.717) is 18.1 Å². The molecule has 2 rings (SSSR count). The number of piperazine rings is 1. The maximum Gasteiger partial charge on any atom is 0.280 e. The fraction of sp³-hybridized carbons (Fsp3) is 0.636. The van der Waals surface area contributed by atoms with Gasteiger partial charge < -0.3 is 19.6 Å². The van der Waals surface area contributed by atoms with Crippen LogP contribution in [0.1, 0.15) is 5.76 Å². The van der Waals surface area contributed by atoms with Crippen LogP contribution < -0.4 is 15.1 Å². The monoisotopic (exact) mass is 240 g/mol. The van der Waals surface area contributed by atoms with E-state index in [9.17, 15) is 4.79 Å². The molecule has 2 heterocycles. The molecule has 0 unspecified atom stereocenters. The molecule has 6 heteroatoms. The molecular formula is C11H20N4O2+2. The Hall–Kier alpha value is -1.40. The maximum absolute atomic E-state index is 11.8. The van der Waals surface area contributed by atoms with Crippen molar-refractivity contribution in [2.75, 3.05) is 45.1 Å². The van der Waals surface area contributed by atoms with Gasteiger partial charge in [-0.25, -0.2) is 0 Å². The number of quaternary nitrogens is 2. The molecule has 1 aromatic rings. The molecule has 1 aromatic heterocycles. The molecule has 6 nitrogen and oxygen atoms in total. The lowest BCUT2D eigenvalue weighted by Gasteiger charge is -2.26. The summed E-state index contributed by atoms with van der Waals surface area (Å²) in [6, 6.07) is 1.72. The predicted molar refractivity (Wildman–Crippen MR) is 62.1 cm³/mol. The summed E-state index contributed by atoms with van der Waals surface area (Å²) in [5.74, 6) is 1.22. The second kappa shape index (κ2) is 5.29. The molecular weight excluding hydrogens is 220 g/mol. The van der Waals surface area contributed by atoms with E-state index in [1.54, 1.807) is 17.9 Å². The van der Waals surface area contributed by atoms with E-state index in [1.807, 2.05) is 0 Å². The van der Waals surface area contributed by atoms with Crippen molar-refractivity contribution in [2.24, 2.45) is 0 Å². The summed E-state index contributed by atoms with van der Waals surface area (Å²) in [6.45, 7) is 6.68. The maximum atomic E-state index is 11.8. The Bertz CT molecular complexity index is 383. The number of carbonyl (C=O) groups excluding carboxylic acids is 1. The molecule has 0 aromatic carbocycles. The van der Waals surface area contributed by atoms with E-state index < -0.39 is 0 Å². The van der Waals surface area contributed by atoms with Gasteiger partial charge >= 0.3 is 0 Å². The van der Waals surface area contributed by atoms with Crippen LogP contribution in [0.2, 0.25) is 0 Å². The zero-order valence-electron chi connectivity index (χ0n) is 10.4. The Morgan fingerprint density at radius 3 is 2.76 bits per heavy atom. The minimum Gasteiger partial charge on any atom is -0.360 e. The number of carbonyl (C=O) groups is 1. The van der Waals surface area contributed by atoms with Crippen LogP contribution in [0.25, 0.3) is 0 Å². The van der Waals surface area contributed by atoms with Gasteiger partial charge in [-0.15, -0.1) is 0 Å². The van der Waals surface area contributed by atoms with Gasteiger partial charge in [0.05, 0.1) is 7.05 Å². The van der Waals surface area contributed by atoms with Crippen LogP contribution >= 0.6 is 0 Å². The van der Waals surface area contributed by atoms with Gasteiger partial charge in [0, 0.05) is 6.07 Å². The van der Waals surface area contributed by atoms with Gasteiger partial charge in [-0.1, -0.05) is 5.16 Å². The first-order chi connectivity index (χ1) is 8.13. The fourth-order valence-electron chi connectivity index (χ4n) is 2.05. The van der Waals surface area contributed by atoms with E-state index in [-0.39, 0.29) is 5.91 Å². The van der Waals surface area contributed by atoms with Crippen molar-refractivity contribution in [3.8, 4) is 0 Å². The van der Waals surface area contributed by atoms with Crippen LogP contribution in [0, 0.1) is 6.92 Å². The minimum atomic E-state index is 0.00727. The minimum absolute atomic E-state index is 0.00727. The molecule has 0 saturated carbocycles. The van der Waals surface area contributed by atoms with Crippen molar-refractivity contribution in [3.05, 3.63) is 11.8 Å². The number of nitrogens with zero attached hydrogens (tertiary/aromatic N) is 1. The molecule has 1 amide bonds. The summed E-state index contributed by atoms with van der Waals surface area (Å²) in [5, 5.41) is 6.49. The molecule has 1 aliphatic heterocycles. The summed E-state index contributed by atoms with van der Waals surface area (Å²) in [6.07, 6.45) is 0. The zero-order valence-corrected chi connectivity index (χ0v) is 10.4. The third-order valence-corrected chi connectivity index (χ3v) is 3.12. The van der Waals surface area contributed by atoms with Crippen LogP contribution in [0.5, 0.6) is 0 Å². The van der Waals surface area contributed by atoms with Gasteiger partial charge in [-0.3, -0.25) is 4.79 Å². The predicted octanol–water partition coefficient (Wildman–Crippen LogP) is -2.67. The quantitative estimate of drug-likeness (QED) is 0.540. The van der Waals surface area contributed by atoms with E-state index in [0.717, 1.165) is 26.2 Å². The number of amides is 1. The van der Waals surface area contributed by atoms with Crippen molar-refractivity contribution in [1.82, 2.24) is 5.16 Å². The molecule has 94 valence electrons. The Kier molecular flexibility index (Phi) is 3.75. The van der Waals surface area contributed by atoms with Crippen molar-refractivity contribution in [1.29, 1.82) is 0 Å². The fourth-order valence-corrected chi connectivity index (χ4v) is 2.05. The van der Waals surface area contributed by atoms with Crippen molar-refractivity contribution >= 4 is 11.7 Å². The Balaban J connectivity index is 1.77. The molecule has 0 aliphatic carbocycles. The number of nitrogens with one attached hydrogen (secondary N) is 3. The van der Waals surface area contributed by atoms with E-state index in [1.165, 1.54) is 4.90 Å². The first-order valence-corrected chi connectivity index (χ1v) is 6.01. The smallest absolute Gasteiger partial charge is 0.280 e. The zero-order chi connectivity index (χ0) is 12.3. The summed E-state index contributed by atoms with van der Waals surface area (Å²) in [7, 11) is 2.19. The summed E-state index contributed by atoms with van der Waals surface area (Å²) < 4.78 is 4.89. The van der Waals surface area contributed by atoms with Gasteiger partial charge in [0.25, 0.3) is 5.91 Å². The van der Waals surface area contributed by atoms with E-state index in [2.05, 4.69) is 17.5 Å². The van der Waals surface area contributed by atoms with Crippen molar-refractivity contribution < 1.29 is 19.1 Å². The Morgan fingerprint density at radius 1 is 1.47 bits per heavy atom. The average Bonchev–Trinajstić information content (AvgIpc) is 2.67. The Morgan fingerprint density at radius 2 is 2.18 bits per heavy atom. The van der Waals surface area contributed by atoms with Gasteiger partial charge in [0.2, 0.25) is 0 Å². The summed E-state index contributed by atoms with van der Waals surface area (Å²) in [5.41, 5.74) is 0. The standard InChI is InChI=1S/C11H18N4O2/c1-9-7-10(13-17-9)12-11(16)8-15-5-3-14(2)4-6-15/h7H,3-6,8H2,1-2H3,(H,12,13,16)/p+2. The SMILES string of the molecule is Cc1cc(NC(=O)C[NH+]2CC[NH+](C)CC2)no1. The first kappa shape index (κ1) is 12.1. The molecule has 0 spiro atoms. The highest BCUT2D eigenvalue weighted by Crippen LogP contribution is 2.05. The lowest BCUT2D eigenvalue weighted by Crippen LogP contribution is -3.27. The molecule has 3 N–H and O–H groups in total. The number of rotatable bonds is 3. The van der Waals surface area contributed by atoms with Crippen LogP contribution in [0.4, 0.5) is 5.82 Å². The van der Waals surface area contributed by atoms with E-state index >= 15 is 0 Å². The van der Waals surface area contributed by atoms with Crippen LogP contribution in [0.3, 0.4) is 0 Å². The lowest BCUT2D eigenvalue weighted by molar-refractivity contribution is -0.999. The average molecular weight is 240 g/mol. The first-order valence-electron chi connectivity index (χ1n) is 6.01. The lowest BCUT2D eigenvalue weighted by atomic mass is 10.3. The molecule has 0 bridgehead atoms. The second-order valence-corrected chi connectivity index (χ2v) is 4.75. The molecule has 17 heavy (non-hydrogen) atoms. The third-order valence-electron chi connectivity index (χ3n) is 3.12. The van der Waals surface area contributed by atoms with Crippen molar-refractivity contribution in [3.63, 3.8) is 0 Å². The van der Waals surface area contributed by atoms with Crippen molar-refractivity contribution in [2.45, 2.75) is 6.92 Å². The number of likely N-dealkylation sites (N-methyl/N-ethyl adjacent to an activating group) is 1. The largest absolute Gasteiger partial charge is 0.360 e. The highest BCUT2D eigenvalue weighted by Gasteiger charge is 2.22. The topological polar surface area (TPSA) is 64.0 Å². The second-order valence-electron chi connectivity index (χ2n) is 4.75. The molecule has 1 saturated heterocycles. The number of anilines is 1. The number of aromatic nitrogens is 1. The van der Waals surface area contributed by atoms with E-state index in [4.69, 9.17) is 4.52 Å².